The number of carbonyl (C=O) groups excluding carboxylic acids is 2. The molecule has 5 heteroatoms. The average Bonchev–Trinajstić information content (AvgIpc) is 2.62. The number of aryl methyl sites for hydroxylation is 1. The minimum atomic E-state index is -0.534. The highest BCUT2D eigenvalue weighted by Crippen LogP contribution is 2.20. The summed E-state index contributed by atoms with van der Waals surface area (Å²) in [6.45, 7) is 4.20. The van der Waals surface area contributed by atoms with Crippen molar-refractivity contribution in [2.75, 3.05) is 7.05 Å². The van der Waals surface area contributed by atoms with Crippen LogP contribution in [-0.2, 0) is 22.6 Å². The number of carbonyl (C=O) groups is 2. The maximum absolute atomic E-state index is 13.1. The standard InChI is InChI=1S/C21H25ClN2O2/c1-4-19(21(26)23-3)24(14-17-10-5-6-11-18(17)22)20(25)13-16-9-7-8-15(2)12-16/h5-12,19H,4,13-14H2,1-3H3,(H,23,26). The van der Waals surface area contributed by atoms with Gasteiger partial charge in [0.2, 0.25) is 11.8 Å². The van der Waals surface area contributed by atoms with E-state index in [-0.39, 0.29) is 18.2 Å². The van der Waals surface area contributed by atoms with Gasteiger partial charge in [0.25, 0.3) is 0 Å². The quantitative estimate of drug-likeness (QED) is 0.804. The van der Waals surface area contributed by atoms with Gasteiger partial charge in [-0.2, -0.15) is 0 Å². The SMILES string of the molecule is CCC(C(=O)NC)N(Cc1ccccc1Cl)C(=O)Cc1cccc(C)c1. The first-order chi connectivity index (χ1) is 12.5. The van der Waals surface area contributed by atoms with Crippen LogP contribution >= 0.6 is 11.6 Å². The van der Waals surface area contributed by atoms with Crippen molar-refractivity contribution in [2.24, 2.45) is 0 Å². The van der Waals surface area contributed by atoms with E-state index in [0.717, 1.165) is 16.7 Å². The number of benzene rings is 2. The van der Waals surface area contributed by atoms with E-state index in [0.29, 0.717) is 18.0 Å². The Hall–Kier alpha value is -2.33. The van der Waals surface area contributed by atoms with Crippen LogP contribution in [0.4, 0.5) is 0 Å². The average molecular weight is 373 g/mol. The van der Waals surface area contributed by atoms with Gasteiger partial charge in [0, 0.05) is 18.6 Å². The van der Waals surface area contributed by atoms with Crippen LogP contribution in [0.15, 0.2) is 48.5 Å². The lowest BCUT2D eigenvalue weighted by Gasteiger charge is -2.30. The van der Waals surface area contributed by atoms with E-state index in [9.17, 15) is 9.59 Å². The molecular weight excluding hydrogens is 348 g/mol. The van der Waals surface area contributed by atoms with Crippen LogP contribution in [0.25, 0.3) is 0 Å². The molecule has 26 heavy (non-hydrogen) atoms. The topological polar surface area (TPSA) is 49.4 Å². The Labute approximate surface area is 160 Å². The van der Waals surface area contributed by atoms with Crippen LogP contribution in [0.3, 0.4) is 0 Å². The molecule has 0 aliphatic heterocycles. The number of amides is 2. The molecule has 0 saturated heterocycles. The first kappa shape index (κ1) is 20.0. The van der Waals surface area contributed by atoms with E-state index < -0.39 is 6.04 Å². The van der Waals surface area contributed by atoms with E-state index in [1.807, 2.05) is 56.3 Å². The number of nitrogens with zero attached hydrogens (tertiary/aromatic N) is 1. The molecular formula is C21H25ClN2O2. The number of hydrogen-bond donors (Lipinski definition) is 1. The third-order valence-corrected chi connectivity index (χ3v) is 4.74. The van der Waals surface area contributed by atoms with Crippen LogP contribution in [0.5, 0.6) is 0 Å². The molecule has 0 aliphatic carbocycles. The van der Waals surface area contributed by atoms with Gasteiger partial charge in [-0.05, 0) is 30.5 Å². The molecule has 0 bridgehead atoms. The van der Waals surface area contributed by atoms with Crippen molar-refractivity contribution in [3.63, 3.8) is 0 Å². The third kappa shape index (κ3) is 5.09. The summed E-state index contributed by atoms with van der Waals surface area (Å²) in [5, 5.41) is 3.25. The van der Waals surface area contributed by atoms with E-state index in [1.54, 1.807) is 18.0 Å². The minimum Gasteiger partial charge on any atom is -0.357 e. The van der Waals surface area contributed by atoms with E-state index in [1.165, 1.54) is 0 Å². The van der Waals surface area contributed by atoms with Crippen molar-refractivity contribution in [1.29, 1.82) is 0 Å². The molecule has 0 heterocycles. The summed E-state index contributed by atoms with van der Waals surface area (Å²) in [6, 6.07) is 14.7. The second-order valence-corrected chi connectivity index (χ2v) is 6.72. The fourth-order valence-electron chi connectivity index (χ4n) is 2.99. The summed E-state index contributed by atoms with van der Waals surface area (Å²) >= 11 is 6.28. The Kier molecular flexibility index (Phi) is 7.22. The van der Waals surface area contributed by atoms with Gasteiger partial charge >= 0.3 is 0 Å². The summed E-state index contributed by atoms with van der Waals surface area (Å²) in [7, 11) is 1.59. The van der Waals surface area contributed by atoms with E-state index in [4.69, 9.17) is 11.6 Å². The largest absolute Gasteiger partial charge is 0.357 e. The number of halogens is 1. The van der Waals surface area contributed by atoms with Gasteiger partial charge < -0.3 is 10.2 Å². The molecule has 2 rings (SSSR count). The zero-order valence-electron chi connectivity index (χ0n) is 15.5. The molecule has 0 saturated carbocycles. The zero-order valence-corrected chi connectivity index (χ0v) is 16.2. The third-order valence-electron chi connectivity index (χ3n) is 4.37. The Balaban J connectivity index is 2.30. The monoisotopic (exact) mass is 372 g/mol. The number of likely N-dealkylation sites (N-methyl/N-ethyl adjacent to an activating group) is 1. The van der Waals surface area contributed by atoms with Crippen LogP contribution < -0.4 is 5.32 Å². The van der Waals surface area contributed by atoms with Gasteiger partial charge in [0.05, 0.1) is 6.42 Å². The van der Waals surface area contributed by atoms with Crippen molar-refractivity contribution >= 4 is 23.4 Å². The van der Waals surface area contributed by atoms with Crippen molar-refractivity contribution in [3.8, 4) is 0 Å². The zero-order chi connectivity index (χ0) is 19.1. The summed E-state index contributed by atoms with van der Waals surface area (Å²) < 4.78 is 0. The first-order valence-corrected chi connectivity index (χ1v) is 9.14. The Bertz CT molecular complexity index is 776. The normalized spacial score (nSPS) is 11.7. The molecule has 0 aliphatic rings. The lowest BCUT2D eigenvalue weighted by molar-refractivity contribution is -0.140. The number of rotatable bonds is 7. The van der Waals surface area contributed by atoms with Crippen molar-refractivity contribution < 1.29 is 9.59 Å². The second kappa shape index (κ2) is 9.39. The van der Waals surface area contributed by atoms with Gasteiger partial charge in [0.15, 0.2) is 0 Å². The van der Waals surface area contributed by atoms with Crippen molar-refractivity contribution in [3.05, 3.63) is 70.2 Å². The Morgan fingerprint density at radius 2 is 1.88 bits per heavy atom. The minimum absolute atomic E-state index is 0.0917. The molecule has 0 aromatic heterocycles. The summed E-state index contributed by atoms with van der Waals surface area (Å²) in [4.78, 5) is 27.0. The highest BCUT2D eigenvalue weighted by atomic mass is 35.5. The summed E-state index contributed by atoms with van der Waals surface area (Å²) in [6.07, 6.45) is 0.781. The fraction of sp³-hybridized carbons (Fsp3) is 0.333. The maximum Gasteiger partial charge on any atom is 0.242 e. The van der Waals surface area contributed by atoms with Crippen LogP contribution in [0, 0.1) is 6.92 Å². The molecule has 2 aromatic rings. The second-order valence-electron chi connectivity index (χ2n) is 6.32. The molecule has 2 amide bonds. The Morgan fingerprint density at radius 3 is 2.50 bits per heavy atom. The molecule has 0 fully saturated rings. The smallest absolute Gasteiger partial charge is 0.242 e. The highest BCUT2D eigenvalue weighted by Gasteiger charge is 2.28. The van der Waals surface area contributed by atoms with E-state index in [2.05, 4.69) is 5.32 Å². The van der Waals surface area contributed by atoms with Gasteiger partial charge in [-0.3, -0.25) is 9.59 Å². The fourth-order valence-corrected chi connectivity index (χ4v) is 3.19. The maximum atomic E-state index is 13.1. The molecule has 4 nitrogen and oxygen atoms in total. The van der Waals surface area contributed by atoms with Gasteiger partial charge in [-0.25, -0.2) is 0 Å². The van der Waals surface area contributed by atoms with Gasteiger partial charge in [-0.15, -0.1) is 0 Å². The molecule has 1 N–H and O–H groups in total. The molecule has 1 unspecified atom stereocenters. The molecule has 2 aromatic carbocycles. The predicted octanol–water partition coefficient (Wildman–Crippen LogP) is 3.74. The lowest BCUT2D eigenvalue weighted by Crippen LogP contribution is -2.48. The van der Waals surface area contributed by atoms with E-state index >= 15 is 0 Å². The molecule has 0 radical (unpaired) electrons. The molecule has 1 atom stereocenters. The highest BCUT2D eigenvalue weighted by molar-refractivity contribution is 6.31. The van der Waals surface area contributed by atoms with Gasteiger partial charge in [-0.1, -0.05) is 66.6 Å². The lowest BCUT2D eigenvalue weighted by atomic mass is 10.1. The van der Waals surface area contributed by atoms with Crippen molar-refractivity contribution in [1.82, 2.24) is 10.2 Å². The number of nitrogens with one attached hydrogen (secondary N) is 1. The van der Waals surface area contributed by atoms with Crippen LogP contribution in [0.2, 0.25) is 5.02 Å². The van der Waals surface area contributed by atoms with Crippen LogP contribution in [-0.4, -0.2) is 29.8 Å². The number of hydrogen-bond acceptors (Lipinski definition) is 2. The summed E-state index contributed by atoms with van der Waals surface area (Å²) in [5.74, 6) is -0.261. The predicted molar refractivity (Wildman–Crippen MR) is 105 cm³/mol. The first-order valence-electron chi connectivity index (χ1n) is 8.76. The van der Waals surface area contributed by atoms with Gasteiger partial charge in [0.1, 0.15) is 6.04 Å². The van der Waals surface area contributed by atoms with Crippen LogP contribution in [0.1, 0.15) is 30.0 Å². The summed E-state index contributed by atoms with van der Waals surface area (Å²) in [5.41, 5.74) is 2.87. The Morgan fingerprint density at radius 1 is 1.15 bits per heavy atom. The molecule has 0 spiro atoms. The van der Waals surface area contributed by atoms with Crippen molar-refractivity contribution in [2.45, 2.75) is 39.3 Å². The molecule has 138 valence electrons.